The average molecular weight is 293 g/mol. The quantitative estimate of drug-likeness (QED) is 0.862. The van der Waals surface area contributed by atoms with Crippen LogP contribution in [0.25, 0.3) is 0 Å². The van der Waals surface area contributed by atoms with Gasteiger partial charge in [-0.3, -0.25) is 4.79 Å². The monoisotopic (exact) mass is 293 g/mol. The van der Waals surface area contributed by atoms with Gasteiger partial charge in [0, 0.05) is 13.6 Å². The third-order valence-electron chi connectivity index (χ3n) is 2.48. The molecule has 0 aliphatic carbocycles. The van der Waals surface area contributed by atoms with Crippen molar-refractivity contribution in [1.29, 1.82) is 0 Å². The molecule has 5 nitrogen and oxygen atoms in total. The molecule has 19 heavy (non-hydrogen) atoms. The Morgan fingerprint density at radius 1 is 1.37 bits per heavy atom. The smallest absolute Gasteiger partial charge is 0.341 e. The Morgan fingerprint density at radius 2 is 1.95 bits per heavy atom. The lowest BCUT2D eigenvalue weighted by molar-refractivity contribution is -0.136. The lowest BCUT2D eigenvalue weighted by atomic mass is 10.3. The normalized spacial score (nSPS) is 11.6. The number of benzene rings is 1. The number of alkyl halides is 2. The zero-order valence-corrected chi connectivity index (χ0v) is 10.9. The summed E-state index contributed by atoms with van der Waals surface area (Å²) < 4.78 is 48.1. The van der Waals surface area contributed by atoms with Gasteiger partial charge in [0.2, 0.25) is 9.84 Å². The maximum atomic E-state index is 12.6. The van der Waals surface area contributed by atoms with Crippen LogP contribution in [0.3, 0.4) is 0 Å². The lowest BCUT2D eigenvalue weighted by Crippen LogP contribution is -2.24. The summed E-state index contributed by atoms with van der Waals surface area (Å²) in [5, 5.41) is 8.56. The van der Waals surface area contributed by atoms with Crippen molar-refractivity contribution in [2.45, 2.75) is 17.1 Å². The van der Waals surface area contributed by atoms with Crippen LogP contribution in [0.1, 0.15) is 6.42 Å². The fourth-order valence-electron chi connectivity index (χ4n) is 1.49. The molecule has 1 aromatic rings. The van der Waals surface area contributed by atoms with Crippen LogP contribution in [-0.4, -0.2) is 38.8 Å². The Labute approximate surface area is 109 Å². The van der Waals surface area contributed by atoms with Crippen LogP contribution in [0, 0.1) is 0 Å². The minimum atomic E-state index is -4.71. The second-order valence-corrected chi connectivity index (χ2v) is 5.72. The number of hydrogen-bond donors (Lipinski definition) is 1. The van der Waals surface area contributed by atoms with Gasteiger partial charge in [-0.2, -0.15) is 8.78 Å². The van der Waals surface area contributed by atoms with E-state index in [0.29, 0.717) is 0 Å². The number of nitrogens with zero attached hydrogens (tertiary/aromatic N) is 1. The van der Waals surface area contributed by atoms with Crippen LogP contribution >= 0.6 is 0 Å². The van der Waals surface area contributed by atoms with Crippen molar-refractivity contribution in [1.82, 2.24) is 0 Å². The van der Waals surface area contributed by atoms with E-state index in [9.17, 15) is 22.0 Å². The first-order valence-electron chi connectivity index (χ1n) is 5.31. The van der Waals surface area contributed by atoms with E-state index in [4.69, 9.17) is 5.11 Å². The third-order valence-corrected chi connectivity index (χ3v) is 3.91. The number of anilines is 1. The number of carboxylic acids is 1. The molecule has 0 unspecified atom stereocenters. The molecule has 8 heteroatoms. The first-order valence-corrected chi connectivity index (χ1v) is 6.85. The molecule has 0 radical (unpaired) electrons. The van der Waals surface area contributed by atoms with Crippen LogP contribution in [0.2, 0.25) is 0 Å². The Kier molecular flexibility index (Phi) is 4.82. The SMILES string of the molecule is CN(CCC(=O)O)c1ccccc1S(=O)(=O)C(F)F. The number of sulfone groups is 1. The number of aliphatic carboxylic acids is 1. The fourth-order valence-corrected chi connectivity index (χ4v) is 2.47. The van der Waals surface area contributed by atoms with Crippen LogP contribution < -0.4 is 4.90 Å². The highest BCUT2D eigenvalue weighted by Crippen LogP contribution is 2.28. The third kappa shape index (κ3) is 3.63. The molecular weight excluding hydrogens is 280 g/mol. The highest BCUT2D eigenvalue weighted by Gasteiger charge is 2.29. The number of para-hydroxylation sites is 1. The number of halogens is 2. The van der Waals surface area contributed by atoms with Crippen molar-refractivity contribution in [3.05, 3.63) is 24.3 Å². The predicted octanol–water partition coefficient (Wildman–Crippen LogP) is 1.59. The first kappa shape index (κ1) is 15.4. The van der Waals surface area contributed by atoms with Gasteiger partial charge in [-0.25, -0.2) is 8.42 Å². The van der Waals surface area contributed by atoms with Crippen LogP contribution in [0.5, 0.6) is 0 Å². The van der Waals surface area contributed by atoms with Gasteiger partial charge in [0.25, 0.3) is 0 Å². The van der Waals surface area contributed by atoms with Gasteiger partial charge in [-0.1, -0.05) is 12.1 Å². The zero-order valence-electron chi connectivity index (χ0n) is 10.1. The van der Waals surface area contributed by atoms with Gasteiger partial charge in [0.1, 0.15) is 0 Å². The Balaban J connectivity index is 3.13. The Bertz CT molecular complexity index is 560. The van der Waals surface area contributed by atoms with Gasteiger partial charge < -0.3 is 10.0 Å². The number of hydrogen-bond acceptors (Lipinski definition) is 4. The van der Waals surface area contributed by atoms with Gasteiger partial charge >= 0.3 is 11.7 Å². The van der Waals surface area contributed by atoms with E-state index in [1.807, 2.05) is 0 Å². The summed E-state index contributed by atoms with van der Waals surface area (Å²) in [6, 6.07) is 5.27. The molecule has 0 fully saturated rings. The number of rotatable bonds is 6. The fraction of sp³-hybridized carbons (Fsp3) is 0.364. The van der Waals surface area contributed by atoms with Crippen LogP contribution in [0.4, 0.5) is 14.5 Å². The molecule has 0 amide bonds. The van der Waals surface area contributed by atoms with Crippen LogP contribution in [0.15, 0.2) is 29.2 Å². The molecule has 0 aliphatic heterocycles. The largest absolute Gasteiger partial charge is 0.481 e. The molecule has 1 N–H and O–H groups in total. The molecule has 0 bridgehead atoms. The molecule has 0 spiro atoms. The van der Waals surface area contributed by atoms with E-state index >= 15 is 0 Å². The second kappa shape index (κ2) is 5.96. The minimum Gasteiger partial charge on any atom is -0.481 e. The maximum absolute atomic E-state index is 12.6. The van der Waals surface area contributed by atoms with E-state index in [-0.39, 0.29) is 18.7 Å². The topological polar surface area (TPSA) is 74.7 Å². The molecular formula is C11H13F2NO4S. The number of carbonyl (C=O) groups is 1. The van der Waals surface area contributed by atoms with Gasteiger partial charge in [0.05, 0.1) is 17.0 Å². The maximum Gasteiger partial charge on any atom is 0.341 e. The highest BCUT2D eigenvalue weighted by molar-refractivity contribution is 7.91. The van der Waals surface area contributed by atoms with Crippen molar-refractivity contribution in [3.8, 4) is 0 Å². The van der Waals surface area contributed by atoms with Gasteiger partial charge in [-0.05, 0) is 12.1 Å². The van der Waals surface area contributed by atoms with E-state index < -0.39 is 26.5 Å². The minimum absolute atomic E-state index is 0.0190. The molecule has 0 saturated heterocycles. The summed E-state index contributed by atoms with van der Waals surface area (Å²) in [4.78, 5) is 11.3. The molecule has 0 atom stereocenters. The van der Waals surface area contributed by atoms with Crippen molar-refractivity contribution in [3.63, 3.8) is 0 Å². The molecule has 0 aromatic heterocycles. The average Bonchev–Trinajstić information content (AvgIpc) is 2.35. The van der Waals surface area contributed by atoms with E-state index in [1.54, 1.807) is 0 Å². The Morgan fingerprint density at radius 3 is 2.47 bits per heavy atom. The molecule has 1 rings (SSSR count). The number of carboxylic acid groups (broad SMARTS) is 1. The summed E-state index contributed by atoms with van der Waals surface area (Å²) >= 11 is 0. The first-order chi connectivity index (χ1) is 8.76. The molecule has 0 heterocycles. The van der Waals surface area contributed by atoms with E-state index in [2.05, 4.69) is 0 Å². The van der Waals surface area contributed by atoms with Crippen molar-refractivity contribution < 1.29 is 27.1 Å². The van der Waals surface area contributed by atoms with E-state index in [1.165, 1.54) is 30.1 Å². The zero-order chi connectivity index (χ0) is 14.6. The Hall–Kier alpha value is -1.70. The summed E-state index contributed by atoms with van der Waals surface area (Å²) in [7, 11) is -3.27. The van der Waals surface area contributed by atoms with Crippen molar-refractivity contribution >= 4 is 21.5 Å². The summed E-state index contributed by atoms with van der Waals surface area (Å²) in [5.41, 5.74) is 0.0593. The van der Waals surface area contributed by atoms with Gasteiger partial charge in [-0.15, -0.1) is 0 Å². The summed E-state index contributed by atoms with van der Waals surface area (Å²) in [5.74, 6) is -4.57. The lowest BCUT2D eigenvalue weighted by Gasteiger charge is -2.21. The second-order valence-electron chi connectivity index (χ2n) is 3.84. The summed E-state index contributed by atoms with van der Waals surface area (Å²) in [6.07, 6.45) is -0.223. The van der Waals surface area contributed by atoms with Crippen molar-refractivity contribution in [2.75, 3.05) is 18.5 Å². The summed E-state index contributed by atoms with van der Waals surface area (Å²) in [6.45, 7) is 0.0190. The van der Waals surface area contributed by atoms with Crippen LogP contribution in [-0.2, 0) is 14.6 Å². The van der Waals surface area contributed by atoms with E-state index in [0.717, 1.165) is 6.07 Å². The standard InChI is InChI=1S/C11H13F2NO4S/c1-14(7-6-10(15)16)8-4-2-3-5-9(8)19(17,18)11(12)13/h2-5,11H,6-7H2,1H3,(H,15,16). The molecule has 1 aromatic carbocycles. The van der Waals surface area contributed by atoms with Gasteiger partial charge in [0.15, 0.2) is 0 Å². The molecule has 106 valence electrons. The molecule has 0 saturated carbocycles. The predicted molar refractivity (Wildman–Crippen MR) is 65.2 cm³/mol. The van der Waals surface area contributed by atoms with Crippen molar-refractivity contribution in [2.24, 2.45) is 0 Å². The highest BCUT2D eigenvalue weighted by atomic mass is 32.2. The molecule has 0 aliphatic rings.